The highest BCUT2D eigenvalue weighted by Gasteiger charge is 2.21. The highest BCUT2D eigenvalue weighted by molar-refractivity contribution is 7.10. The summed E-state index contributed by atoms with van der Waals surface area (Å²) < 4.78 is 11.2. The van der Waals surface area contributed by atoms with Crippen LogP contribution in [0.5, 0.6) is 11.5 Å². The third-order valence-corrected chi connectivity index (χ3v) is 4.78. The number of benzene rings is 1. The molecule has 1 aromatic heterocycles. The Hall–Kier alpha value is -1.52. The lowest BCUT2D eigenvalue weighted by Crippen LogP contribution is -2.22. The maximum absolute atomic E-state index is 5.71. The van der Waals surface area contributed by atoms with Gasteiger partial charge in [-0.1, -0.05) is 19.1 Å². The van der Waals surface area contributed by atoms with Gasteiger partial charge in [-0.05, 0) is 48.0 Å². The molecule has 1 N–H and O–H groups in total. The molecule has 1 unspecified atom stereocenters. The summed E-state index contributed by atoms with van der Waals surface area (Å²) in [5, 5.41) is 5.66. The van der Waals surface area contributed by atoms with Crippen molar-refractivity contribution in [2.45, 2.75) is 25.8 Å². The molecule has 0 saturated heterocycles. The normalized spacial score (nSPS) is 15.1. The Morgan fingerprint density at radius 3 is 3.10 bits per heavy atom. The second kappa shape index (κ2) is 6.50. The highest BCUT2D eigenvalue weighted by Crippen LogP contribution is 2.36. The molecule has 3 rings (SSSR count). The predicted molar refractivity (Wildman–Crippen MR) is 86.6 cm³/mol. The molecular weight excluding hydrogens is 282 g/mol. The highest BCUT2D eigenvalue weighted by atomic mass is 32.1. The van der Waals surface area contributed by atoms with Crippen LogP contribution in [0.25, 0.3) is 0 Å². The van der Waals surface area contributed by atoms with Gasteiger partial charge >= 0.3 is 0 Å². The van der Waals surface area contributed by atoms with Crippen molar-refractivity contribution in [3.8, 4) is 11.5 Å². The molecule has 2 heterocycles. The summed E-state index contributed by atoms with van der Waals surface area (Å²) in [5.74, 6) is 2.00. The van der Waals surface area contributed by atoms with Crippen molar-refractivity contribution in [2.24, 2.45) is 0 Å². The van der Waals surface area contributed by atoms with E-state index in [9.17, 15) is 0 Å². The monoisotopic (exact) mass is 303 g/mol. The van der Waals surface area contributed by atoms with Gasteiger partial charge in [0.2, 0.25) is 0 Å². The number of ether oxygens (including phenoxy) is 2. The van der Waals surface area contributed by atoms with Gasteiger partial charge in [0.05, 0.1) is 24.6 Å². The van der Waals surface area contributed by atoms with Crippen molar-refractivity contribution in [3.63, 3.8) is 0 Å². The zero-order valence-corrected chi connectivity index (χ0v) is 13.3. The Bertz CT molecular complexity index is 609. The van der Waals surface area contributed by atoms with Crippen LogP contribution in [0, 0.1) is 0 Å². The average Bonchev–Trinajstić information content (AvgIpc) is 3.00. The van der Waals surface area contributed by atoms with Crippen LogP contribution in [-0.4, -0.2) is 20.3 Å². The molecule has 0 radical (unpaired) electrons. The Morgan fingerprint density at radius 2 is 2.29 bits per heavy atom. The summed E-state index contributed by atoms with van der Waals surface area (Å²) in [5.41, 5.74) is 2.60. The van der Waals surface area contributed by atoms with E-state index in [1.165, 1.54) is 16.0 Å². The van der Waals surface area contributed by atoms with E-state index in [0.717, 1.165) is 37.5 Å². The summed E-state index contributed by atoms with van der Waals surface area (Å²) in [6.45, 7) is 3.88. The second-order valence-electron chi connectivity index (χ2n) is 5.16. The van der Waals surface area contributed by atoms with Gasteiger partial charge in [-0.15, -0.1) is 11.3 Å². The molecular formula is C17H21NO2S. The van der Waals surface area contributed by atoms with Gasteiger partial charge in [-0.3, -0.25) is 0 Å². The number of methoxy groups -OCH3 is 1. The maximum Gasteiger partial charge on any atom is 0.134 e. The molecule has 3 nitrogen and oxygen atoms in total. The van der Waals surface area contributed by atoms with Gasteiger partial charge in [0, 0.05) is 0 Å². The number of hydrogen-bond donors (Lipinski definition) is 1. The fraction of sp³-hybridized carbons (Fsp3) is 0.412. The van der Waals surface area contributed by atoms with Gasteiger partial charge in [-0.25, -0.2) is 0 Å². The molecule has 112 valence electrons. The number of rotatable bonds is 5. The number of hydrogen-bond acceptors (Lipinski definition) is 4. The summed E-state index contributed by atoms with van der Waals surface area (Å²) in [4.78, 5) is 1.23. The van der Waals surface area contributed by atoms with E-state index in [0.29, 0.717) is 0 Å². The van der Waals surface area contributed by atoms with Gasteiger partial charge in [0.25, 0.3) is 0 Å². The zero-order valence-electron chi connectivity index (χ0n) is 12.5. The lowest BCUT2D eigenvalue weighted by atomic mass is 9.98. The van der Waals surface area contributed by atoms with Gasteiger partial charge in [0.1, 0.15) is 11.5 Å². The van der Waals surface area contributed by atoms with Crippen LogP contribution >= 0.6 is 11.3 Å². The van der Waals surface area contributed by atoms with E-state index in [4.69, 9.17) is 9.47 Å². The maximum atomic E-state index is 5.71. The lowest BCUT2D eigenvalue weighted by Gasteiger charge is -2.22. The molecule has 0 aliphatic carbocycles. The van der Waals surface area contributed by atoms with E-state index in [1.54, 1.807) is 18.4 Å². The van der Waals surface area contributed by atoms with E-state index in [2.05, 4.69) is 35.8 Å². The molecule has 1 aliphatic rings. The van der Waals surface area contributed by atoms with E-state index >= 15 is 0 Å². The Kier molecular flexibility index (Phi) is 4.46. The molecule has 1 aromatic carbocycles. The SMILES string of the molecule is CCNC(c1ccc2c(c1)CCCO2)c1sccc1OC. The van der Waals surface area contributed by atoms with Gasteiger partial charge in [-0.2, -0.15) is 0 Å². The Labute approximate surface area is 129 Å². The van der Waals surface area contributed by atoms with E-state index in [1.807, 2.05) is 6.07 Å². The van der Waals surface area contributed by atoms with Crippen LogP contribution in [0.4, 0.5) is 0 Å². The van der Waals surface area contributed by atoms with Crippen molar-refractivity contribution in [1.82, 2.24) is 5.32 Å². The average molecular weight is 303 g/mol. The molecule has 21 heavy (non-hydrogen) atoms. The predicted octanol–water partition coefficient (Wildman–Crippen LogP) is 3.78. The second-order valence-corrected chi connectivity index (χ2v) is 6.11. The third-order valence-electron chi connectivity index (χ3n) is 3.81. The smallest absolute Gasteiger partial charge is 0.134 e. The first-order valence-corrected chi connectivity index (χ1v) is 8.31. The van der Waals surface area contributed by atoms with E-state index in [-0.39, 0.29) is 6.04 Å². The first kappa shape index (κ1) is 14.4. The summed E-state index contributed by atoms with van der Waals surface area (Å²) >= 11 is 1.74. The zero-order chi connectivity index (χ0) is 14.7. The first-order chi connectivity index (χ1) is 10.3. The van der Waals surface area contributed by atoms with Crippen LogP contribution in [0.3, 0.4) is 0 Å². The molecule has 1 aliphatic heterocycles. The van der Waals surface area contributed by atoms with Crippen LogP contribution in [0.2, 0.25) is 0 Å². The van der Waals surface area contributed by atoms with Crippen molar-refractivity contribution in [3.05, 3.63) is 45.6 Å². The minimum Gasteiger partial charge on any atom is -0.496 e. The van der Waals surface area contributed by atoms with Crippen LogP contribution in [-0.2, 0) is 6.42 Å². The number of nitrogens with one attached hydrogen (secondary N) is 1. The van der Waals surface area contributed by atoms with Crippen LogP contribution in [0.1, 0.15) is 35.4 Å². The summed E-state index contributed by atoms with van der Waals surface area (Å²) in [6.07, 6.45) is 2.20. The molecule has 0 saturated carbocycles. The van der Waals surface area contributed by atoms with Crippen molar-refractivity contribution in [2.75, 3.05) is 20.3 Å². The summed E-state index contributed by atoms with van der Waals surface area (Å²) in [7, 11) is 1.73. The van der Waals surface area contributed by atoms with Gasteiger partial charge in [0.15, 0.2) is 0 Å². The minimum absolute atomic E-state index is 0.178. The topological polar surface area (TPSA) is 30.5 Å². The minimum atomic E-state index is 0.178. The fourth-order valence-electron chi connectivity index (χ4n) is 2.81. The van der Waals surface area contributed by atoms with Crippen LogP contribution in [0.15, 0.2) is 29.6 Å². The lowest BCUT2D eigenvalue weighted by molar-refractivity contribution is 0.288. The van der Waals surface area contributed by atoms with Crippen molar-refractivity contribution < 1.29 is 9.47 Å². The van der Waals surface area contributed by atoms with Crippen molar-refractivity contribution in [1.29, 1.82) is 0 Å². The molecule has 0 bridgehead atoms. The molecule has 4 heteroatoms. The number of thiophene rings is 1. The molecule has 0 spiro atoms. The largest absolute Gasteiger partial charge is 0.496 e. The fourth-order valence-corrected chi connectivity index (χ4v) is 3.78. The quantitative estimate of drug-likeness (QED) is 0.912. The molecule has 2 aromatic rings. The number of fused-ring (bicyclic) bond motifs is 1. The first-order valence-electron chi connectivity index (χ1n) is 7.44. The van der Waals surface area contributed by atoms with Crippen molar-refractivity contribution >= 4 is 11.3 Å². The molecule has 0 amide bonds. The Morgan fingerprint density at radius 1 is 1.38 bits per heavy atom. The standard InChI is InChI=1S/C17H21NO2S/c1-3-18-16(17-15(19-2)8-10-21-17)13-6-7-14-12(11-13)5-4-9-20-14/h6-8,10-11,16,18H,3-5,9H2,1-2H3. The molecule has 0 fully saturated rings. The van der Waals surface area contributed by atoms with E-state index < -0.39 is 0 Å². The summed E-state index contributed by atoms with van der Waals surface area (Å²) in [6, 6.07) is 8.76. The third kappa shape index (κ3) is 2.92. The Balaban J connectivity index is 1.97. The number of aryl methyl sites for hydroxylation is 1. The molecule has 1 atom stereocenters. The van der Waals surface area contributed by atoms with Gasteiger partial charge < -0.3 is 14.8 Å². The van der Waals surface area contributed by atoms with Crippen LogP contribution < -0.4 is 14.8 Å².